The van der Waals surface area contributed by atoms with E-state index in [-0.39, 0.29) is 12.2 Å². The Bertz CT molecular complexity index is 1420. The molecular formula is C27H17Cl2NO3. The second-order valence-electron chi connectivity index (χ2n) is 7.28. The molecule has 4 aromatic rings. The van der Waals surface area contributed by atoms with Crippen molar-refractivity contribution in [2.75, 3.05) is 0 Å². The zero-order valence-corrected chi connectivity index (χ0v) is 18.8. The number of fused-ring (bicyclic) bond motifs is 1. The summed E-state index contributed by atoms with van der Waals surface area (Å²) < 4.78 is 6.12. The van der Waals surface area contributed by atoms with Crippen LogP contribution in [0.3, 0.4) is 0 Å². The monoisotopic (exact) mass is 473 g/mol. The number of rotatable bonds is 6. The first kappa shape index (κ1) is 22.4. The number of aromatic carboxylic acids is 1. The van der Waals surface area contributed by atoms with Crippen LogP contribution in [0.15, 0.2) is 78.9 Å². The highest BCUT2D eigenvalue weighted by Gasteiger charge is 2.12. The molecule has 4 aromatic carbocycles. The zero-order chi connectivity index (χ0) is 23.4. The lowest BCUT2D eigenvalue weighted by atomic mass is 9.98. The third-order valence-corrected chi connectivity index (χ3v) is 5.77. The number of benzene rings is 4. The Kier molecular flexibility index (Phi) is 6.65. The molecule has 0 radical (unpaired) electrons. The van der Waals surface area contributed by atoms with Crippen LogP contribution in [0.25, 0.3) is 22.4 Å². The van der Waals surface area contributed by atoms with Gasteiger partial charge in [0, 0.05) is 21.2 Å². The number of allylic oxidation sites excluding steroid dienone is 1. The largest absolute Gasteiger partial charge is 0.488 e. The van der Waals surface area contributed by atoms with E-state index in [1.54, 1.807) is 30.3 Å². The van der Waals surface area contributed by atoms with Crippen LogP contribution < -0.4 is 4.74 Å². The minimum Gasteiger partial charge on any atom is -0.488 e. The van der Waals surface area contributed by atoms with Gasteiger partial charge in [0.25, 0.3) is 0 Å². The van der Waals surface area contributed by atoms with Gasteiger partial charge in [0.1, 0.15) is 12.4 Å². The number of carboxylic acid groups (broad SMARTS) is 1. The van der Waals surface area contributed by atoms with Crippen LogP contribution in [0.2, 0.25) is 10.0 Å². The molecule has 0 atom stereocenters. The zero-order valence-electron chi connectivity index (χ0n) is 17.3. The van der Waals surface area contributed by atoms with Gasteiger partial charge in [0.2, 0.25) is 0 Å². The third kappa shape index (κ3) is 5.01. The van der Waals surface area contributed by atoms with Gasteiger partial charge in [-0.3, -0.25) is 0 Å². The number of halogens is 2. The smallest absolute Gasteiger partial charge is 0.335 e. The molecule has 1 N–H and O–H groups in total. The maximum Gasteiger partial charge on any atom is 0.335 e. The number of ether oxygens (including phenoxy) is 1. The van der Waals surface area contributed by atoms with Gasteiger partial charge in [-0.1, -0.05) is 71.7 Å². The first-order valence-corrected chi connectivity index (χ1v) is 10.8. The van der Waals surface area contributed by atoms with Crippen molar-refractivity contribution in [1.29, 1.82) is 5.26 Å². The standard InChI is InChI=1S/C27H17Cl2NO3/c28-22-11-9-20(25(29)14-22)16-33-26-12-10-18-3-1-2-4-23(18)24(26)13-21(15-30)17-5-7-19(8-6-17)27(31)32/h1-14H,16H2,(H,31,32)/b21-13-. The SMILES string of the molecule is N#C/C(=C/c1c(OCc2ccc(Cl)cc2Cl)ccc2ccccc12)c1ccc(C(=O)O)cc1. The lowest BCUT2D eigenvalue weighted by Crippen LogP contribution is -1.99. The fourth-order valence-corrected chi connectivity index (χ4v) is 3.92. The Morgan fingerprint density at radius 1 is 0.970 bits per heavy atom. The Balaban J connectivity index is 1.77. The van der Waals surface area contributed by atoms with Gasteiger partial charge in [0.05, 0.1) is 17.2 Å². The van der Waals surface area contributed by atoms with Crippen LogP contribution in [-0.2, 0) is 6.61 Å². The molecule has 0 heterocycles. The molecule has 0 fully saturated rings. The summed E-state index contributed by atoms with van der Waals surface area (Å²) >= 11 is 12.3. The van der Waals surface area contributed by atoms with Crippen LogP contribution in [0.1, 0.15) is 27.0 Å². The van der Waals surface area contributed by atoms with Gasteiger partial charge >= 0.3 is 5.97 Å². The van der Waals surface area contributed by atoms with E-state index < -0.39 is 5.97 Å². The van der Waals surface area contributed by atoms with Gasteiger partial charge in [-0.05, 0) is 52.7 Å². The first-order valence-electron chi connectivity index (χ1n) is 10.0. The highest BCUT2D eigenvalue weighted by Crippen LogP contribution is 2.33. The van der Waals surface area contributed by atoms with Gasteiger partial charge < -0.3 is 9.84 Å². The van der Waals surface area contributed by atoms with Crippen LogP contribution in [0.4, 0.5) is 0 Å². The Labute approximate surface area is 200 Å². The van der Waals surface area contributed by atoms with Crippen molar-refractivity contribution in [2.45, 2.75) is 6.61 Å². The van der Waals surface area contributed by atoms with E-state index in [2.05, 4.69) is 6.07 Å². The summed E-state index contributed by atoms with van der Waals surface area (Å²) in [5.41, 5.74) is 2.69. The molecule has 0 saturated heterocycles. The normalized spacial score (nSPS) is 11.2. The maximum atomic E-state index is 11.2. The highest BCUT2D eigenvalue weighted by atomic mass is 35.5. The van der Waals surface area contributed by atoms with Crippen LogP contribution in [0, 0.1) is 11.3 Å². The molecule has 4 nitrogen and oxygen atoms in total. The molecule has 0 aliphatic rings. The second kappa shape index (κ2) is 9.79. The van der Waals surface area contributed by atoms with Crippen molar-refractivity contribution in [1.82, 2.24) is 0 Å². The summed E-state index contributed by atoms with van der Waals surface area (Å²) in [4.78, 5) is 11.2. The summed E-state index contributed by atoms with van der Waals surface area (Å²) in [6, 6.07) is 25.3. The summed E-state index contributed by atoms with van der Waals surface area (Å²) in [6.07, 6.45) is 1.76. The minimum atomic E-state index is -1.02. The average molecular weight is 474 g/mol. The van der Waals surface area contributed by atoms with E-state index in [0.29, 0.717) is 26.9 Å². The van der Waals surface area contributed by atoms with E-state index in [1.165, 1.54) is 12.1 Å². The lowest BCUT2D eigenvalue weighted by molar-refractivity contribution is 0.0697. The predicted octanol–water partition coefficient (Wildman–Crippen LogP) is 7.49. The van der Waals surface area contributed by atoms with Crippen LogP contribution in [0.5, 0.6) is 5.75 Å². The van der Waals surface area contributed by atoms with Crippen LogP contribution >= 0.6 is 23.2 Å². The second-order valence-corrected chi connectivity index (χ2v) is 8.12. The summed E-state index contributed by atoms with van der Waals surface area (Å²) in [5, 5.41) is 22.0. The number of carboxylic acids is 1. The maximum absolute atomic E-state index is 11.2. The van der Waals surface area contributed by atoms with Crippen molar-refractivity contribution in [2.24, 2.45) is 0 Å². The van der Waals surface area contributed by atoms with Crippen molar-refractivity contribution >= 4 is 51.6 Å². The fourth-order valence-electron chi connectivity index (χ4n) is 3.46. The summed E-state index contributed by atoms with van der Waals surface area (Å²) in [7, 11) is 0. The van der Waals surface area contributed by atoms with Gasteiger partial charge in [-0.15, -0.1) is 0 Å². The molecule has 0 amide bonds. The quantitative estimate of drug-likeness (QED) is 0.232. The van der Waals surface area contributed by atoms with E-state index in [1.807, 2.05) is 42.5 Å². The Morgan fingerprint density at radius 2 is 1.70 bits per heavy atom. The molecule has 0 aliphatic heterocycles. The third-order valence-electron chi connectivity index (χ3n) is 5.18. The molecule has 162 valence electrons. The van der Waals surface area contributed by atoms with Crippen LogP contribution in [-0.4, -0.2) is 11.1 Å². The van der Waals surface area contributed by atoms with Crippen molar-refractivity contribution in [3.63, 3.8) is 0 Å². The summed E-state index contributed by atoms with van der Waals surface area (Å²) in [5.74, 6) is -0.427. The van der Waals surface area contributed by atoms with Gasteiger partial charge in [-0.25, -0.2) is 4.79 Å². The number of nitrogens with zero attached hydrogens (tertiary/aromatic N) is 1. The molecule has 0 aliphatic carbocycles. The van der Waals surface area contributed by atoms with E-state index in [4.69, 9.17) is 33.0 Å². The van der Waals surface area contributed by atoms with E-state index in [9.17, 15) is 10.1 Å². The molecule has 0 unspecified atom stereocenters. The van der Waals surface area contributed by atoms with Gasteiger partial charge in [0.15, 0.2) is 0 Å². The topological polar surface area (TPSA) is 70.3 Å². The Hall–Kier alpha value is -3.78. The number of carbonyl (C=O) groups is 1. The fraction of sp³-hybridized carbons (Fsp3) is 0.0370. The van der Waals surface area contributed by atoms with Crippen molar-refractivity contribution in [3.8, 4) is 11.8 Å². The molecule has 0 aromatic heterocycles. The average Bonchev–Trinajstić information content (AvgIpc) is 2.82. The molecule has 0 spiro atoms. The molecule has 33 heavy (non-hydrogen) atoms. The lowest BCUT2D eigenvalue weighted by Gasteiger charge is -2.14. The van der Waals surface area contributed by atoms with Crippen molar-refractivity contribution < 1.29 is 14.6 Å². The number of hydrogen-bond acceptors (Lipinski definition) is 3. The highest BCUT2D eigenvalue weighted by molar-refractivity contribution is 6.35. The van der Waals surface area contributed by atoms with E-state index >= 15 is 0 Å². The number of nitriles is 1. The first-order chi connectivity index (χ1) is 16.0. The molecule has 6 heteroatoms. The predicted molar refractivity (Wildman–Crippen MR) is 132 cm³/mol. The Morgan fingerprint density at radius 3 is 2.39 bits per heavy atom. The molecule has 4 rings (SSSR count). The van der Waals surface area contributed by atoms with Gasteiger partial charge in [-0.2, -0.15) is 5.26 Å². The number of hydrogen-bond donors (Lipinski definition) is 1. The van der Waals surface area contributed by atoms with Crippen molar-refractivity contribution in [3.05, 3.63) is 111 Å². The molecule has 0 saturated carbocycles. The minimum absolute atomic E-state index is 0.157. The van der Waals surface area contributed by atoms with E-state index in [0.717, 1.165) is 21.9 Å². The molecule has 0 bridgehead atoms. The summed E-state index contributed by atoms with van der Waals surface area (Å²) in [6.45, 7) is 0.227. The molecular weight excluding hydrogens is 457 g/mol.